The summed E-state index contributed by atoms with van der Waals surface area (Å²) >= 11 is 0. The van der Waals surface area contributed by atoms with E-state index in [-0.39, 0.29) is 23.2 Å². The van der Waals surface area contributed by atoms with Gasteiger partial charge in [-0.25, -0.2) is 17.9 Å². The third kappa shape index (κ3) is 9.66. The molecule has 0 aliphatic rings. The fourth-order valence-corrected chi connectivity index (χ4v) is 5.81. The number of benzene rings is 3. The Labute approximate surface area is 256 Å². The molecule has 0 fully saturated rings. The normalized spacial score (nSPS) is 12.1. The highest BCUT2D eigenvalue weighted by molar-refractivity contribution is 7.90. The average molecular weight is 608 g/mol. The molecule has 3 rings (SSSR count). The Bertz CT molecular complexity index is 1510. The molecular weight excluding hydrogens is 562 g/mol. The summed E-state index contributed by atoms with van der Waals surface area (Å²) < 4.78 is 33.7. The van der Waals surface area contributed by atoms with Crippen LogP contribution in [0.5, 0.6) is 0 Å². The number of anilines is 1. The van der Waals surface area contributed by atoms with E-state index < -0.39 is 27.6 Å². The topological polar surface area (TPSA) is 105 Å². The molecule has 0 aromatic heterocycles. The second kappa shape index (κ2) is 13.7. The average Bonchev–Trinajstić information content (AvgIpc) is 2.87. The molecule has 0 unspecified atom stereocenters. The van der Waals surface area contributed by atoms with Gasteiger partial charge in [0.15, 0.2) is 0 Å². The molecule has 0 atom stereocenters. The minimum absolute atomic E-state index is 0.0523. The maximum Gasteiger partial charge on any atom is 0.412 e. The van der Waals surface area contributed by atoms with Crippen molar-refractivity contribution in [3.05, 3.63) is 82.9 Å². The van der Waals surface area contributed by atoms with Gasteiger partial charge in [0.05, 0.1) is 11.3 Å². The summed E-state index contributed by atoms with van der Waals surface area (Å²) in [5, 5.41) is 2.75. The summed E-state index contributed by atoms with van der Waals surface area (Å²) in [7, 11) is -0.135. The lowest BCUT2D eigenvalue weighted by molar-refractivity contribution is -0.118. The predicted octanol–water partition coefficient (Wildman–Crippen LogP) is 7.06. The molecule has 2 amide bonds. The summed E-state index contributed by atoms with van der Waals surface area (Å²) in [4.78, 5) is 27.4. The SMILES string of the molecule is CC(C)c1cc(-c2ccc(NC(=O)OC(C)(C)C)cc2)cc(C(C)C)c1CC(=O)NS(=O)(=O)c1ccc(CN(C)C)cc1. The molecule has 3 aromatic carbocycles. The molecule has 0 radical (unpaired) electrons. The Hall–Kier alpha value is -3.69. The van der Waals surface area contributed by atoms with Crippen molar-refractivity contribution in [1.29, 1.82) is 0 Å². The van der Waals surface area contributed by atoms with E-state index in [0.29, 0.717) is 12.2 Å². The highest BCUT2D eigenvalue weighted by Crippen LogP contribution is 2.34. The Kier molecular flexibility index (Phi) is 10.8. The van der Waals surface area contributed by atoms with E-state index in [0.717, 1.165) is 33.4 Å². The van der Waals surface area contributed by atoms with Gasteiger partial charge in [0.1, 0.15) is 5.60 Å². The van der Waals surface area contributed by atoms with E-state index in [1.165, 1.54) is 12.1 Å². The molecule has 0 bridgehead atoms. The molecule has 0 spiro atoms. The molecular formula is C34H45N3O5S. The summed E-state index contributed by atoms with van der Waals surface area (Å²) in [5.41, 5.74) is 5.74. The van der Waals surface area contributed by atoms with Crippen molar-refractivity contribution in [3.63, 3.8) is 0 Å². The molecule has 8 nitrogen and oxygen atoms in total. The van der Waals surface area contributed by atoms with Gasteiger partial charge >= 0.3 is 6.09 Å². The number of hydrogen-bond acceptors (Lipinski definition) is 6. The third-order valence-corrected chi connectivity index (χ3v) is 8.13. The minimum atomic E-state index is -4.02. The zero-order chi connectivity index (χ0) is 32.1. The van der Waals surface area contributed by atoms with Gasteiger partial charge in [-0.3, -0.25) is 10.1 Å². The third-order valence-electron chi connectivity index (χ3n) is 6.74. The standard InChI is InChI=1S/C34H45N3O5S/c1-22(2)29-18-26(25-12-14-27(15-13-25)35-33(39)42-34(5,6)7)19-30(23(3)4)31(29)20-32(38)36-43(40,41)28-16-10-24(11-17-28)21-37(8)9/h10-19,22-23H,20-21H2,1-9H3,(H,35,39)(H,36,38). The summed E-state index contributed by atoms with van der Waals surface area (Å²) in [6, 6.07) is 18.2. The highest BCUT2D eigenvalue weighted by atomic mass is 32.2. The van der Waals surface area contributed by atoms with Crippen LogP contribution < -0.4 is 10.0 Å². The van der Waals surface area contributed by atoms with Crippen LogP contribution >= 0.6 is 0 Å². The van der Waals surface area contributed by atoms with Gasteiger partial charge in [0, 0.05) is 12.2 Å². The van der Waals surface area contributed by atoms with E-state index in [1.807, 2.05) is 64.0 Å². The zero-order valence-electron chi connectivity index (χ0n) is 26.7. The largest absolute Gasteiger partial charge is 0.444 e. The van der Waals surface area contributed by atoms with Crippen molar-refractivity contribution in [1.82, 2.24) is 9.62 Å². The first-order valence-corrected chi connectivity index (χ1v) is 16.0. The van der Waals surface area contributed by atoms with E-state index >= 15 is 0 Å². The van der Waals surface area contributed by atoms with Crippen molar-refractivity contribution in [2.45, 2.75) is 83.8 Å². The molecule has 2 N–H and O–H groups in total. The van der Waals surface area contributed by atoms with Crippen molar-refractivity contribution < 1.29 is 22.7 Å². The Morgan fingerprint density at radius 1 is 0.837 bits per heavy atom. The molecule has 3 aromatic rings. The predicted molar refractivity (Wildman–Crippen MR) is 173 cm³/mol. The van der Waals surface area contributed by atoms with Gasteiger partial charge in [-0.2, -0.15) is 0 Å². The van der Waals surface area contributed by atoms with Gasteiger partial charge in [-0.1, -0.05) is 64.1 Å². The summed E-state index contributed by atoms with van der Waals surface area (Å²) in [6.45, 7) is 14.4. The molecule has 0 aliphatic carbocycles. The summed E-state index contributed by atoms with van der Waals surface area (Å²) in [6.07, 6.45) is -0.576. The van der Waals surface area contributed by atoms with Crippen molar-refractivity contribution in [2.75, 3.05) is 19.4 Å². The Morgan fingerprint density at radius 3 is 1.84 bits per heavy atom. The van der Waals surface area contributed by atoms with Gasteiger partial charge < -0.3 is 9.64 Å². The molecule has 43 heavy (non-hydrogen) atoms. The Morgan fingerprint density at radius 2 is 1.37 bits per heavy atom. The quantitative estimate of drug-likeness (QED) is 0.256. The summed E-state index contributed by atoms with van der Waals surface area (Å²) in [5.74, 6) is -0.394. The molecule has 9 heteroatoms. The van der Waals surface area contributed by atoms with Crippen LogP contribution in [0.25, 0.3) is 11.1 Å². The van der Waals surface area contributed by atoms with Gasteiger partial charge in [0.2, 0.25) is 5.91 Å². The first-order valence-electron chi connectivity index (χ1n) is 14.5. The maximum absolute atomic E-state index is 13.2. The van der Waals surface area contributed by atoms with Crippen molar-refractivity contribution >= 4 is 27.7 Å². The second-order valence-corrected chi connectivity index (χ2v) is 14.4. The Balaban J connectivity index is 1.86. The van der Waals surface area contributed by atoms with Crippen LogP contribution in [0.3, 0.4) is 0 Å². The van der Waals surface area contributed by atoms with Crippen LogP contribution in [0, 0.1) is 0 Å². The smallest absolute Gasteiger partial charge is 0.412 e. The van der Waals surface area contributed by atoms with E-state index in [9.17, 15) is 18.0 Å². The lowest BCUT2D eigenvalue weighted by atomic mass is 9.84. The van der Waals surface area contributed by atoms with Crippen LogP contribution in [0.2, 0.25) is 0 Å². The molecule has 0 saturated carbocycles. The number of rotatable bonds is 10. The van der Waals surface area contributed by atoms with Crippen LogP contribution in [-0.4, -0.2) is 45.0 Å². The number of carbonyl (C=O) groups excluding carboxylic acids is 2. The van der Waals surface area contributed by atoms with Gasteiger partial charge in [0.25, 0.3) is 10.0 Å². The van der Waals surface area contributed by atoms with Crippen LogP contribution in [-0.2, 0) is 32.5 Å². The zero-order valence-corrected chi connectivity index (χ0v) is 27.6. The number of nitrogens with zero attached hydrogens (tertiary/aromatic N) is 1. The number of ether oxygens (including phenoxy) is 1. The van der Waals surface area contributed by atoms with Crippen LogP contribution in [0.1, 0.15) is 82.6 Å². The lowest BCUT2D eigenvalue weighted by Crippen LogP contribution is -2.32. The highest BCUT2D eigenvalue weighted by Gasteiger charge is 2.23. The van der Waals surface area contributed by atoms with Crippen LogP contribution in [0.4, 0.5) is 10.5 Å². The molecule has 0 aliphatic heterocycles. The molecule has 0 heterocycles. The number of nitrogens with one attached hydrogen (secondary N) is 2. The maximum atomic E-state index is 13.2. The van der Waals surface area contributed by atoms with Crippen LogP contribution in [0.15, 0.2) is 65.6 Å². The monoisotopic (exact) mass is 607 g/mol. The fourth-order valence-electron chi connectivity index (χ4n) is 4.83. The number of amides is 2. The lowest BCUT2D eigenvalue weighted by Gasteiger charge is -2.22. The molecule has 0 saturated heterocycles. The first-order chi connectivity index (χ1) is 19.9. The minimum Gasteiger partial charge on any atom is -0.444 e. The van der Waals surface area contributed by atoms with Gasteiger partial charge in [-0.05, 0) is 104 Å². The van der Waals surface area contributed by atoms with Gasteiger partial charge in [-0.15, -0.1) is 0 Å². The van der Waals surface area contributed by atoms with E-state index in [4.69, 9.17) is 4.74 Å². The number of carbonyl (C=O) groups is 2. The second-order valence-electron chi connectivity index (χ2n) is 12.7. The van der Waals surface area contributed by atoms with E-state index in [1.54, 1.807) is 12.1 Å². The number of sulfonamides is 1. The van der Waals surface area contributed by atoms with Crippen molar-refractivity contribution in [3.8, 4) is 11.1 Å². The van der Waals surface area contributed by atoms with Crippen molar-refractivity contribution in [2.24, 2.45) is 0 Å². The number of hydrogen-bond donors (Lipinski definition) is 2. The molecule has 232 valence electrons. The van der Waals surface area contributed by atoms with E-state index in [2.05, 4.69) is 49.9 Å². The fraction of sp³-hybridized carbons (Fsp3) is 0.412. The first kappa shape index (κ1) is 33.8.